The van der Waals surface area contributed by atoms with Crippen molar-refractivity contribution < 1.29 is 21.9 Å². The molecule has 0 unspecified atom stereocenters. The summed E-state index contributed by atoms with van der Waals surface area (Å²) in [5.41, 5.74) is 0. The average Bonchev–Trinajstić information content (AvgIpc) is 0. The molecule has 0 aromatic carbocycles. The summed E-state index contributed by atoms with van der Waals surface area (Å²) in [6.45, 7) is 0. The van der Waals surface area contributed by atoms with E-state index in [1.807, 2.05) is 0 Å². The molecule has 0 saturated carbocycles. The Bertz CT molecular complexity index is 3.61. The normalized spacial score (nSPS) is 0. The Labute approximate surface area is 46.9 Å². The van der Waals surface area contributed by atoms with Gasteiger partial charge in [0.25, 0.3) is 0 Å². The van der Waals surface area contributed by atoms with E-state index in [0.29, 0.717) is 0 Å². The number of rotatable bonds is 0. The van der Waals surface area contributed by atoms with E-state index < -0.39 is 0 Å². The number of hydrogen-bond donors (Lipinski definition) is 0. The van der Waals surface area contributed by atoms with Crippen LogP contribution >= 0.6 is 0 Å². The van der Waals surface area contributed by atoms with Crippen molar-refractivity contribution in [2.75, 3.05) is 0 Å². The molecule has 0 radical (unpaired) electrons. The van der Waals surface area contributed by atoms with Crippen LogP contribution in [0.1, 0.15) is 0 Å². The van der Waals surface area contributed by atoms with Gasteiger partial charge in [-0.25, -0.2) is 0 Å². The zero-order valence-electron chi connectivity index (χ0n) is 2.71. The van der Waals surface area contributed by atoms with E-state index in [-0.39, 0.29) is 46.3 Å². The van der Waals surface area contributed by atoms with Gasteiger partial charge in [-0.15, -0.1) is 0 Å². The molecule has 40 valence electrons. The molecule has 0 atom stereocenters. The Morgan fingerprint density at radius 2 is 0.400 bits per heavy atom. The molecule has 0 spiro atoms. The first-order chi connectivity index (χ1) is 0. The molecule has 0 rings (SSSR count). The fourth-order valence-corrected chi connectivity index (χ4v) is 0. The Kier molecular flexibility index (Phi) is 8160. The maximum atomic E-state index is 0. The Morgan fingerprint density at radius 3 is 0.400 bits per heavy atom. The Balaban J connectivity index is 0. The van der Waals surface area contributed by atoms with Gasteiger partial charge in [-0.2, -0.15) is 0 Å². The van der Waals surface area contributed by atoms with Crippen LogP contribution in [-0.4, -0.2) is 46.3 Å². The summed E-state index contributed by atoms with van der Waals surface area (Å²) in [5.74, 6) is 0. The summed E-state index contributed by atoms with van der Waals surface area (Å²) in [6, 6.07) is 0. The molecule has 0 bridgehead atoms. The summed E-state index contributed by atoms with van der Waals surface area (Å²) < 4.78 is 0. The van der Waals surface area contributed by atoms with Crippen molar-refractivity contribution in [1.82, 2.24) is 0 Å². The van der Waals surface area contributed by atoms with Crippen molar-refractivity contribution >= 4 is 24.4 Å². The Morgan fingerprint density at radius 1 is 0.400 bits per heavy atom. The molecule has 4 nitrogen and oxygen atoms in total. The third kappa shape index (κ3) is 76.0. The van der Waals surface area contributed by atoms with Crippen molar-refractivity contribution in [1.29, 1.82) is 0 Å². The molecule has 0 aromatic heterocycles. The maximum absolute atomic E-state index is 0. The zero-order valence-corrected chi connectivity index (χ0v) is 6.74. The van der Waals surface area contributed by atoms with Crippen LogP contribution in [0.15, 0.2) is 0 Å². The fraction of sp³-hybridized carbons (Fsp3) is 0. The van der Waals surface area contributed by atoms with Crippen molar-refractivity contribution in [3.05, 3.63) is 0 Å². The van der Waals surface area contributed by atoms with Gasteiger partial charge >= 0.3 is 24.4 Å². The van der Waals surface area contributed by atoms with Crippen molar-refractivity contribution in [2.24, 2.45) is 0 Å². The van der Waals surface area contributed by atoms with Gasteiger partial charge in [-0.1, -0.05) is 0 Å². The van der Waals surface area contributed by atoms with Crippen LogP contribution in [0.25, 0.3) is 0 Å². The quantitative estimate of drug-likeness (QED) is 0.347. The Hall–Kier alpha value is 0.658. The molecule has 0 amide bonds. The molecule has 0 aliphatic carbocycles. The summed E-state index contributed by atoms with van der Waals surface area (Å²) >= 11 is 0. The minimum atomic E-state index is 0. The molecular formula is H11O4Sb. The molecule has 0 saturated heterocycles. The first kappa shape index (κ1) is 283. The summed E-state index contributed by atoms with van der Waals surface area (Å²) in [4.78, 5) is 0. The zero-order chi connectivity index (χ0) is 0. The minimum absolute atomic E-state index is 0. The molecule has 0 aliphatic rings. The third-order valence-corrected chi connectivity index (χ3v) is 0. The fourth-order valence-electron chi connectivity index (χ4n) is 0. The first-order valence-electron chi connectivity index (χ1n) is 0. The van der Waals surface area contributed by atoms with Crippen LogP contribution in [0.4, 0.5) is 0 Å². The van der Waals surface area contributed by atoms with E-state index in [9.17, 15) is 0 Å². The standard InChI is InChI=1S/4H2O.Sb.3H/h4*1H2;;;;. The first-order valence-corrected chi connectivity index (χ1v) is 0. The summed E-state index contributed by atoms with van der Waals surface area (Å²) in [5, 5.41) is 0. The third-order valence-electron chi connectivity index (χ3n) is 0. The van der Waals surface area contributed by atoms with Gasteiger partial charge in [0.1, 0.15) is 0 Å². The van der Waals surface area contributed by atoms with Gasteiger partial charge in [-0.05, 0) is 0 Å². The van der Waals surface area contributed by atoms with Crippen molar-refractivity contribution in [2.45, 2.75) is 0 Å². The predicted molar refractivity (Wildman–Crippen MR) is 24.4 cm³/mol. The molecule has 5 heavy (non-hydrogen) atoms. The number of hydrogen-bond acceptors (Lipinski definition) is 0. The van der Waals surface area contributed by atoms with E-state index in [4.69, 9.17) is 0 Å². The second-order valence-corrected chi connectivity index (χ2v) is 0. The van der Waals surface area contributed by atoms with E-state index in [1.54, 1.807) is 0 Å². The van der Waals surface area contributed by atoms with E-state index in [2.05, 4.69) is 0 Å². The van der Waals surface area contributed by atoms with Gasteiger partial charge in [0.2, 0.25) is 0 Å². The SMILES string of the molecule is O.O.O.O.[SbH3]. The van der Waals surface area contributed by atoms with E-state index in [1.165, 1.54) is 0 Å². The monoisotopic (exact) mass is 196 g/mol. The topological polar surface area (TPSA) is 126 Å². The molecule has 8 N–H and O–H groups in total. The van der Waals surface area contributed by atoms with Gasteiger partial charge in [-0.3, -0.25) is 0 Å². The second kappa shape index (κ2) is 144. The predicted octanol–water partition coefficient (Wildman–Crippen LogP) is -4.48. The van der Waals surface area contributed by atoms with Crippen LogP contribution in [0.5, 0.6) is 0 Å². The molecule has 0 aromatic rings. The molecular weight excluding hydrogens is 186 g/mol. The van der Waals surface area contributed by atoms with E-state index in [0.717, 1.165) is 0 Å². The molecule has 0 fully saturated rings. The van der Waals surface area contributed by atoms with Gasteiger partial charge in [0.05, 0.1) is 0 Å². The average molecular weight is 197 g/mol. The van der Waals surface area contributed by atoms with E-state index >= 15 is 0 Å². The van der Waals surface area contributed by atoms with Gasteiger partial charge in [0, 0.05) is 0 Å². The van der Waals surface area contributed by atoms with Crippen molar-refractivity contribution in [3.8, 4) is 0 Å². The molecule has 0 heterocycles. The summed E-state index contributed by atoms with van der Waals surface area (Å²) in [6.07, 6.45) is 0. The van der Waals surface area contributed by atoms with Crippen LogP contribution in [0, 0.1) is 0 Å². The van der Waals surface area contributed by atoms with Crippen LogP contribution in [0.3, 0.4) is 0 Å². The molecule has 0 aliphatic heterocycles. The second-order valence-electron chi connectivity index (χ2n) is 0. The van der Waals surface area contributed by atoms with Gasteiger partial charge in [0.15, 0.2) is 0 Å². The molecule has 5 heteroatoms. The van der Waals surface area contributed by atoms with Gasteiger partial charge < -0.3 is 21.9 Å². The van der Waals surface area contributed by atoms with Crippen LogP contribution < -0.4 is 0 Å². The van der Waals surface area contributed by atoms with Crippen molar-refractivity contribution in [3.63, 3.8) is 0 Å². The van der Waals surface area contributed by atoms with Crippen LogP contribution in [0.2, 0.25) is 0 Å². The van der Waals surface area contributed by atoms with Crippen LogP contribution in [-0.2, 0) is 0 Å². The summed E-state index contributed by atoms with van der Waals surface area (Å²) in [7, 11) is 0.